The maximum Gasteiger partial charge on any atom is 0.130 e. The fourth-order valence-electron chi connectivity index (χ4n) is 1.29. The minimum absolute atomic E-state index is 0.373. The molecule has 4 heteroatoms. The molecule has 0 atom stereocenters. The van der Waals surface area contributed by atoms with Crippen molar-refractivity contribution in [2.75, 3.05) is 13.6 Å². The molecule has 0 spiro atoms. The van der Waals surface area contributed by atoms with Gasteiger partial charge in [0.15, 0.2) is 0 Å². The van der Waals surface area contributed by atoms with E-state index in [1.807, 2.05) is 0 Å². The molecule has 0 aliphatic rings. The van der Waals surface area contributed by atoms with Crippen LogP contribution in [-0.2, 0) is 6.54 Å². The number of likely N-dealkylation sites (N-methyl/N-ethyl adjacent to an activating group) is 1. The summed E-state index contributed by atoms with van der Waals surface area (Å²) in [7, 11) is 1.79. The summed E-state index contributed by atoms with van der Waals surface area (Å²) in [5, 5.41) is 0.486. The number of halogens is 3. The highest BCUT2D eigenvalue weighted by molar-refractivity contribution is 6.29. The van der Waals surface area contributed by atoms with Gasteiger partial charge in [0, 0.05) is 29.8 Å². The Morgan fingerprint density at radius 3 is 2.67 bits per heavy atom. The second kappa shape index (κ2) is 5.24. The average Bonchev–Trinajstić information content (AvgIpc) is 2.08. The first kappa shape index (κ1) is 12.1. The molecule has 0 amide bonds. The molecular formula is C11H12ClF2N. The van der Waals surface area contributed by atoms with Crippen LogP contribution in [0.3, 0.4) is 0 Å². The maximum atomic E-state index is 13.2. The lowest BCUT2D eigenvalue weighted by atomic mass is 10.2. The topological polar surface area (TPSA) is 3.24 Å². The quantitative estimate of drug-likeness (QED) is 0.770. The molecule has 0 saturated carbocycles. The predicted molar refractivity (Wildman–Crippen MR) is 57.7 cm³/mol. The van der Waals surface area contributed by atoms with Crippen molar-refractivity contribution in [1.29, 1.82) is 0 Å². The molecule has 1 aromatic carbocycles. The van der Waals surface area contributed by atoms with Crippen molar-refractivity contribution in [2.24, 2.45) is 0 Å². The highest BCUT2D eigenvalue weighted by atomic mass is 35.5. The van der Waals surface area contributed by atoms with E-state index in [2.05, 4.69) is 6.58 Å². The van der Waals surface area contributed by atoms with E-state index in [1.165, 1.54) is 12.1 Å². The summed E-state index contributed by atoms with van der Waals surface area (Å²) in [5.74, 6) is -1.11. The van der Waals surface area contributed by atoms with Crippen LogP contribution in [0, 0.1) is 11.6 Å². The molecule has 0 unspecified atom stereocenters. The molecule has 0 N–H and O–H groups in total. The smallest absolute Gasteiger partial charge is 0.130 e. The molecule has 0 bridgehead atoms. The van der Waals surface area contributed by atoms with Crippen LogP contribution in [0.25, 0.3) is 0 Å². The highest BCUT2D eigenvalue weighted by Gasteiger charge is 2.07. The molecule has 1 rings (SSSR count). The van der Waals surface area contributed by atoms with Gasteiger partial charge in [-0.3, -0.25) is 4.90 Å². The van der Waals surface area contributed by atoms with Gasteiger partial charge in [-0.25, -0.2) is 8.78 Å². The van der Waals surface area contributed by atoms with Crippen LogP contribution in [0.2, 0.25) is 0 Å². The molecule has 0 saturated heterocycles. The molecule has 0 radical (unpaired) electrons. The van der Waals surface area contributed by atoms with E-state index in [-0.39, 0.29) is 0 Å². The Hall–Kier alpha value is -0.930. The van der Waals surface area contributed by atoms with Crippen molar-refractivity contribution in [3.63, 3.8) is 0 Å². The van der Waals surface area contributed by atoms with Gasteiger partial charge in [-0.15, -0.1) is 0 Å². The van der Waals surface area contributed by atoms with E-state index in [1.54, 1.807) is 11.9 Å². The minimum Gasteiger partial charge on any atom is -0.297 e. The summed E-state index contributed by atoms with van der Waals surface area (Å²) in [5.41, 5.74) is 0.441. The van der Waals surface area contributed by atoms with Gasteiger partial charge in [-0.05, 0) is 13.1 Å². The molecule has 0 fully saturated rings. The van der Waals surface area contributed by atoms with E-state index in [0.29, 0.717) is 23.7 Å². The number of hydrogen-bond donors (Lipinski definition) is 0. The van der Waals surface area contributed by atoms with Crippen molar-refractivity contribution in [1.82, 2.24) is 4.90 Å². The zero-order chi connectivity index (χ0) is 11.4. The van der Waals surface area contributed by atoms with E-state index in [4.69, 9.17) is 11.6 Å². The van der Waals surface area contributed by atoms with Crippen LogP contribution >= 0.6 is 11.6 Å². The fraction of sp³-hybridized carbons (Fsp3) is 0.273. The molecule has 0 aromatic heterocycles. The second-order valence-electron chi connectivity index (χ2n) is 3.43. The predicted octanol–water partition coefficient (Wildman–Crippen LogP) is 3.15. The molecule has 0 aliphatic carbocycles. The summed E-state index contributed by atoms with van der Waals surface area (Å²) in [6.07, 6.45) is 0. The fourth-order valence-corrected chi connectivity index (χ4v) is 1.49. The summed E-state index contributed by atoms with van der Waals surface area (Å²) in [6.45, 7) is 4.39. The van der Waals surface area contributed by atoms with Crippen LogP contribution in [0.4, 0.5) is 8.78 Å². The molecule has 82 valence electrons. The third kappa shape index (κ3) is 3.98. The first-order valence-corrected chi connectivity index (χ1v) is 4.82. The number of rotatable bonds is 4. The Kier molecular flexibility index (Phi) is 4.24. The summed E-state index contributed by atoms with van der Waals surface area (Å²) < 4.78 is 25.8. The largest absolute Gasteiger partial charge is 0.297 e. The Morgan fingerprint density at radius 2 is 2.13 bits per heavy atom. The lowest BCUT2D eigenvalue weighted by Gasteiger charge is -2.16. The maximum absolute atomic E-state index is 13.2. The van der Waals surface area contributed by atoms with Crippen LogP contribution in [0.15, 0.2) is 29.8 Å². The minimum atomic E-state index is -0.569. The Morgan fingerprint density at radius 1 is 1.47 bits per heavy atom. The zero-order valence-corrected chi connectivity index (χ0v) is 9.19. The van der Waals surface area contributed by atoms with Crippen molar-refractivity contribution in [3.8, 4) is 0 Å². The van der Waals surface area contributed by atoms with E-state index in [9.17, 15) is 8.78 Å². The van der Waals surface area contributed by atoms with Crippen LogP contribution in [0.5, 0.6) is 0 Å². The van der Waals surface area contributed by atoms with Gasteiger partial charge < -0.3 is 0 Å². The number of nitrogens with zero attached hydrogens (tertiary/aromatic N) is 1. The van der Waals surface area contributed by atoms with Gasteiger partial charge in [0.25, 0.3) is 0 Å². The summed E-state index contributed by atoms with van der Waals surface area (Å²) in [6, 6.07) is 3.54. The third-order valence-electron chi connectivity index (χ3n) is 1.90. The molecule has 15 heavy (non-hydrogen) atoms. The van der Waals surface area contributed by atoms with Gasteiger partial charge in [0.05, 0.1) is 0 Å². The first-order valence-electron chi connectivity index (χ1n) is 4.45. The van der Waals surface area contributed by atoms with Gasteiger partial charge >= 0.3 is 0 Å². The van der Waals surface area contributed by atoms with Crippen molar-refractivity contribution in [2.45, 2.75) is 6.54 Å². The zero-order valence-electron chi connectivity index (χ0n) is 8.43. The van der Waals surface area contributed by atoms with Crippen LogP contribution in [-0.4, -0.2) is 18.5 Å². The number of hydrogen-bond acceptors (Lipinski definition) is 1. The SMILES string of the molecule is C=C(Cl)CN(C)Cc1ccc(F)cc1F. The lowest BCUT2D eigenvalue weighted by molar-refractivity contribution is 0.353. The first-order chi connectivity index (χ1) is 6.99. The Bertz CT molecular complexity index is 366. The Labute approximate surface area is 93.0 Å². The van der Waals surface area contributed by atoms with Crippen molar-refractivity contribution < 1.29 is 8.78 Å². The van der Waals surface area contributed by atoms with Gasteiger partial charge in [0.2, 0.25) is 0 Å². The van der Waals surface area contributed by atoms with Gasteiger partial charge in [-0.2, -0.15) is 0 Å². The van der Waals surface area contributed by atoms with Crippen molar-refractivity contribution in [3.05, 3.63) is 47.0 Å². The second-order valence-corrected chi connectivity index (χ2v) is 3.96. The van der Waals surface area contributed by atoms with E-state index in [0.717, 1.165) is 6.07 Å². The third-order valence-corrected chi connectivity index (χ3v) is 2.02. The van der Waals surface area contributed by atoms with Crippen LogP contribution < -0.4 is 0 Å². The molecular weight excluding hydrogens is 220 g/mol. The Balaban J connectivity index is 2.68. The molecule has 1 nitrogen and oxygen atoms in total. The van der Waals surface area contributed by atoms with Crippen molar-refractivity contribution >= 4 is 11.6 Å². The monoisotopic (exact) mass is 231 g/mol. The van der Waals surface area contributed by atoms with E-state index < -0.39 is 11.6 Å². The van der Waals surface area contributed by atoms with Gasteiger partial charge in [0.1, 0.15) is 11.6 Å². The highest BCUT2D eigenvalue weighted by Crippen LogP contribution is 2.12. The van der Waals surface area contributed by atoms with Gasteiger partial charge in [-0.1, -0.05) is 24.2 Å². The average molecular weight is 232 g/mol. The normalized spacial score (nSPS) is 10.7. The standard InChI is InChI=1S/C11H12ClF2N/c1-8(12)6-15(2)7-9-3-4-10(13)5-11(9)14/h3-5H,1,6-7H2,2H3. The lowest BCUT2D eigenvalue weighted by Crippen LogP contribution is -2.19. The molecule has 0 heterocycles. The van der Waals surface area contributed by atoms with Crippen LogP contribution in [0.1, 0.15) is 5.56 Å². The number of benzene rings is 1. The molecule has 1 aromatic rings. The summed E-state index contributed by atoms with van der Waals surface area (Å²) >= 11 is 5.61. The summed E-state index contributed by atoms with van der Waals surface area (Å²) in [4.78, 5) is 1.80. The van der Waals surface area contributed by atoms with E-state index >= 15 is 0 Å². The molecule has 0 aliphatic heterocycles.